The zero-order valence-electron chi connectivity index (χ0n) is 12.9. The highest BCUT2D eigenvalue weighted by Crippen LogP contribution is 2.19. The highest BCUT2D eigenvalue weighted by molar-refractivity contribution is 9.10. The average Bonchev–Trinajstić information content (AvgIpc) is 2.85. The van der Waals surface area contributed by atoms with Crippen LogP contribution in [0.3, 0.4) is 0 Å². The fraction of sp³-hybridized carbons (Fsp3) is 0.471. The highest BCUT2D eigenvalue weighted by atomic mass is 79.9. The molecule has 1 heterocycles. The van der Waals surface area contributed by atoms with E-state index in [-0.39, 0.29) is 0 Å². The van der Waals surface area contributed by atoms with Crippen molar-refractivity contribution in [3.05, 3.63) is 51.8 Å². The van der Waals surface area contributed by atoms with E-state index < -0.39 is 0 Å². The van der Waals surface area contributed by atoms with Crippen molar-refractivity contribution in [2.45, 2.75) is 46.2 Å². The molecule has 0 bridgehead atoms. The molecule has 2 aromatic rings. The quantitative estimate of drug-likeness (QED) is 0.725. The van der Waals surface area contributed by atoms with Gasteiger partial charge in [-0.1, -0.05) is 54.4 Å². The summed E-state index contributed by atoms with van der Waals surface area (Å²) in [5.41, 5.74) is 3.96. The maximum Gasteiger partial charge on any atom is 0.0673 e. The van der Waals surface area contributed by atoms with E-state index in [1.165, 1.54) is 16.8 Å². The standard InChI is InChI=1S/C17H24BrN3/c1-3-7-17-15(11-19-10-4-2)12-20-21(17)13-14-8-5-6-9-16(14)18/h5-6,8-9,12,19H,3-4,7,10-11,13H2,1-2H3. The zero-order valence-corrected chi connectivity index (χ0v) is 14.5. The van der Waals surface area contributed by atoms with Crippen LogP contribution in [0.2, 0.25) is 0 Å². The first-order valence-corrected chi connectivity index (χ1v) is 8.53. The van der Waals surface area contributed by atoms with Crippen molar-refractivity contribution in [1.29, 1.82) is 0 Å². The van der Waals surface area contributed by atoms with Crippen molar-refractivity contribution in [3.8, 4) is 0 Å². The van der Waals surface area contributed by atoms with Crippen LogP contribution < -0.4 is 5.32 Å². The van der Waals surface area contributed by atoms with Gasteiger partial charge in [0.05, 0.1) is 12.7 Å². The SMILES string of the molecule is CCCNCc1cnn(Cc2ccccc2Br)c1CCC. The minimum atomic E-state index is 0.824. The molecule has 0 aliphatic heterocycles. The molecule has 0 spiro atoms. The Labute approximate surface area is 135 Å². The Morgan fingerprint density at radius 3 is 2.67 bits per heavy atom. The molecule has 0 saturated heterocycles. The molecule has 0 aliphatic carbocycles. The lowest BCUT2D eigenvalue weighted by Crippen LogP contribution is -2.15. The normalized spacial score (nSPS) is 11.0. The highest BCUT2D eigenvalue weighted by Gasteiger charge is 2.11. The third kappa shape index (κ3) is 4.42. The first-order chi connectivity index (χ1) is 10.3. The van der Waals surface area contributed by atoms with E-state index in [0.29, 0.717) is 0 Å². The van der Waals surface area contributed by atoms with Crippen molar-refractivity contribution < 1.29 is 0 Å². The van der Waals surface area contributed by atoms with Gasteiger partial charge in [0, 0.05) is 22.3 Å². The molecule has 0 fully saturated rings. The van der Waals surface area contributed by atoms with Gasteiger partial charge < -0.3 is 5.32 Å². The monoisotopic (exact) mass is 349 g/mol. The summed E-state index contributed by atoms with van der Waals surface area (Å²) in [5, 5.41) is 8.08. The first-order valence-electron chi connectivity index (χ1n) is 7.74. The molecule has 0 saturated carbocycles. The van der Waals surface area contributed by atoms with E-state index in [4.69, 9.17) is 0 Å². The summed E-state index contributed by atoms with van der Waals surface area (Å²) in [6, 6.07) is 8.36. The number of aromatic nitrogens is 2. The van der Waals surface area contributed by atoms with Crippen LogP contribution in [-0.4, -0.2) is 16.3 Å². The summed E-state index contributed by atoms with van der Waals surface area (Å²) in [6.45, 7) is 7.21. The Bertz CT molecular complexity index is 563. The molecular weight excluding hydrogens is 326 g/mol. The molecule has 3 nitrogen and oxygen atoms in total. The lowest BCUT2D eigenvalue weighted by molar-refractivity contribution is 0.624. The van der Waals surface area contributed by atoms with E-state index in [1.807, 2.05) is 12.3 Å². The molecule has 0 aliphatic rings. The summed E-state index contributed by atoms with van der Waals surface area (Å²) in [4.78, 5) is 0. The van der Waals surface area contributed by atoms with Gasteiger partial charge in [-0.05, 0) is 31.0 Å². The molecule has 1 N–H and O–H groups in total. The second-order valence-corrected chi connectivity index (χ2v) is 6.15. The zero-order chi connectivity index (χ0) is 15.1. The Morgan fingerprint density at radius 1 is 1.14 bits per heavy atom. The second-order valence-electron chi connectivity index (χ2n) is 5.29. The molecule has 0 atom stereocenters. The van der Waals surface area contributed by atoms with Gasteiger partial charge in [-0.25, -0.2) is 0 Å². The number of hydrogen-bond acceptors (Lipinski definition) is 2. The predicted octanol–water partition coefficient (Wildman–Crippen LogP) is 4.15. The maximum absolute atomic E-state index is 4.61. The molecule has 21 heavy (non-hydrogen) atoms. The number of nitrogens with zero attached hydrogens (tertiary/aromatic N) is 2. The van der Waals surface area contributed by atoms with E-state index in [2.05, 4.69) is 63.1 Å². The van der Waals surface area contributed by atoms with Crippen LogP contribution >= 0.6 is 15.9 Å². The first kappa shape index (κ1) is 16.2. The predicted molar refractivity (Wildman–Crippen MR) is 91.5 cm³/mol. The Hall–Kier alpha value is -1.13. The maximum atomic E-state index is 4.61. The van der Waals surface area contributed by atoms with Crippen LogP contribution in [0.1, 0.15) is 43.5 Å². The van der Waals surface area contributed by atoms with Crippen molar-refractivity contribution in [2.75, 3.05) is 6.54 Å². The van der Waals surface area contributed by atoms with Gasteiger partial charge >= 0.3 is 0 Å². The van der Waals surface area contributed by atoms with E-state index >= 15 is 0 Å². The van der Waals surface area contributed by atoms with Crippen LogP contribution in [-0.2, 0) is 19.5 Å². The van der Waals surface area contributed by atoms with Gasteiger partial charge in [0.25, 0.3) is 0 Å². The number of halogens is 1. The van der Waals surface area contributed by atoms with Gasteiger partial charge in [0.1, 0.15) is 0 Å². The third-order valence-electron chi connectivity index (χ3n) is 3.54. The molecule has 0 radical (unpaired) electrons. The van der Waals surface area contributed by atoms with Crippen molar-refractivity contribution in [1.82, 2.24) is 15.1 Å². The Balaban J connectivity index is 2.17. The van der Waals surface area contributed by atoms with Crippen LogP contribution in [0.15, 0.2) is 34.9 Å². The minimum absolute atomic E-state index is 0.824. The van der Waals surface area contributed by atoms with Crippen molar-refractivity contribution in [3.63, 3.8) is 0 Å². The Kier molecular flexibility index (Phi) is 6.46. The van der Waals surface area contributed by atoms with Crippen LogP contribution in [0.25, 0.3) is 0 Å². The summed E-state index contributed by atoms with van der Waals surface area (Å²) in [6.07, 6.45) is 5.40. The van der Waals surface area contributed by atoms with Gasteiger partial charge in [0.2, 0.25) is 0 Å². The summed E-state index contributed by atoms with van der Waals surface area (Å²) in [7, 11) is 0. The van der Waals surface area contributed by atoms with Crippen LogP contribution in [0.5, 0.6) is 0 Å². The van der Waals surface area contributed by atoms with Gasteiger partial charge in [-0.3, -0.25) is 4.68 Å². The number of hydrogen-bond donors (Lipinski definition) is 1. The molecule has 0 unspecified atom stereocenters. The molecular formula is C17H24BrN3. The number of benzene rings is 1. The second kappa shape index (κ2) is 8.35. The molecule has 0 amide bonds. The number of nitrogens with one attached hydrogen (secondary N) is 1. The van der Waals surface area contributed by atoms with Crippen LogP contribution in [0, 0.1) is 0 Å². The van der Waals surface area contributed by atoms with Crippen LogP contribution in [0.4, 0.5) is 0 Å². The van der Waals surface area contributed by atoms with E-state index in [1.54, 1.807) is 0 Å². The minimum Gasteiger partial charge on any atom is -0.313 e. The summed E-state index contributed by atoms with van der Waals surface area (Å²) in [5.74, 6) is 0. The van der Waals surface area contributed by atoms with Crippen molar-refractivity contribution in [2.24, 2.45) is 0 Å². The van der Waals surface area contributed by atoms with E-state index in [0.717, 1.165) is 43.4 Å². The third-order valence-corrected chi connectivity index (χ3v) is 4.32. The lowest BCUT2D eigenvalue weighted by atomic mass is 10.1. The van der Waals surface area contributed by atoms with E-state index in [9.17, 15) is 0 Å². The topological polar surface area (TPSA) is 29.9 Å². The molecule has 4 heteroatoms. The molecule has 1 aromatic heterocycles. The Morgan fingerprint density at radius 2 is 1.95 bits per heavy atom. The average molecular weight is 350 g/mol. The fourth-order valence-electron chi connectivity index (χ4n) is 2.45. The lowest BCUT2D eigenvalue weighted by Gasteiger charge is -2.11. The molecule has 114 valence electrons. The van der Waals surface area contributed by atoms with Gasteiger partial charge in [-0.15, -0.1) is 0 Å². The van der Waals surface area contributed by atoms with Crippen molar-refractivity contribution >= 4 is 15.9 Å². The molecule has 2 rings (SSSR count). The summed E-state index contributed by atoms with van der Waals surface area (Å²) >= 11 is 3.62. The largest absolute Gasteiger partial charge is 0.313 e. The summed E-state index contributed by atoms with van der Waals surface area (Å²) < 4.78 is 3.29. The van der Waals surface area contributed by atoms with Gasteiger partial charge in [0.15, 0.2) is 0 Å². The smallest absolute Gasteiger partial charge is 0.0673 e. The fourth-order valence-corrected chi connectivity index (χ4v) is 2.86. The van der Waals surface area contributed by atoms with Gasteiger partial charge in [-0.2, -0.15) is 5.10 Å². The number of rotatable bonds is 8. The molecule has 1 aromatic carbocycles.